The fourth-order valence-electron chi connectivity index (χ4n) is 3.57. The molecular weight excluding hydrogens is 312 g/mol. The highest BCUT2D eigenvalue weighted by atomic mass is 16.1. The number of nitrogens with zero attached hydrogens (tertiary/aromatic N) is 2. The smallest absolute Gasteiger partial charge is 0.223 e. The molecule has 1 saturated carbocycles. The summed E-state index contributed by atoms with van der Waals surface area (Å²) in [6, 6.07) is 10.9. The normalized spacial score (nSPS) is 20.6. The van der Waals surface area contributed by atoms with Gasteiger partial charge in [-0.1, -0.05) is 24.6 Å². The van der Waals surface area contributed by atoms with Crippen LogP contribution in [0.5, 0.6) is 0 Å². The van der Waals surface area contributed by atoms with Crippen molar-refractivity contribution in [1.29, 1.82) is 0 Å². The summed E-state index contributed by atoms with van der Waals surface area (Å²) in [7, 11) is 0. The zero-order chi connectivity index (χ0) is 17.6. The third kappa shape index (κ3) is 4.69. The van der Waals surface area contributed by atoms with Crippen molar-refractivity contribution < 1.29 is 4.79 Å². The molecule has 2 aromatic rings. The van der Waals surface area contributed by atoms with Crippen molar-refractivity contribution in [2.45, 2.75) is 58.2 Å². The lowest BCUT2D eigenvalue weighted by Gasteiger charge is -2.30. The SMILES string of the molecule is CC(C)NC(=O)[C@@H]1CCC[C@@H](NCc2ccccc2-n2cccn2)C1. The van der Waals surface area contributed by atoms with E-state index in [0.717, 1.165) is 37.9 Å². The van der Waals surface area contributed by atoms with E-state index in [0.29, 0.717) is 6.04 Å². The molecule has 0 spiro atoms. The predicted octanol–water partition coefficient (Wildman–Crippen LogP) is 3.05. The molecule has 1 aromatic carbocycles. The monoisotopic (exact) mass is 340 g/mol. The molecule has 0 bridgehead atoms. The molecule has 3 rings (SSSR count). The molecule has 1 amide bonds. The van der Waals surface area contributed by atoms with Crippen LogP contribution in [0, 0.1) is 5.92 Å². The number of rotatable bonds is 6. The number of hydrogen-bond donors (Lipinski definition) is 2. The van der Waals surface area contributed by atoms with E-state index in [4.69, 9.17) is 0 Å². The highest BCUT2D eigenvalue weighted by Crippen LogP contribution is 2.25. The number of para-hydroxylation sites is 1. The Hall–Kier alpha value is -2.14. The van der Waals surface area contributed by atoms with Crippen molar-refractivity contribution in [2.75, 3.05) is 0 Å². The molecule has 1 aliphatic rings. The minimum atomic E-state index is 0.134. The molecule has 2 N–H and O–H groups in total. The second-order valence-electron chi connectivity index (χ2n) is 7.18. The van der Waals surface area contributed by atoms with Crippen LogP contribution in [0.15, 0.2) is 42.7 Å². The minimum absolute atomic E-state index is 0.134. The Labute approximate surface area is 149 Å². The highest BCUT2D eigenvalue weighted by Gasteiger charge is 2.27. The van der Waals surface area contributed by atoms with Gasteiger partial charge in [-0.25, -0.2) is 4.68 Å². The maximum Gasteiger partial charge on any atom is 0.223 e. The molecule has 1 fully saturated rings. The molecule has 1 heterocycles. The minimum Gasteiger partial charge on any atom is -0.354 e. The van der Waals surface area contributed by atoms with Gasteiger partial charge in [0.15, 0.2) is 0 Å². The van der Waals surface area contributed by atoms with Crippen molar-refractivity contribution in [3.8, 4) is 5.69 Å². The first-order valence-corrected chi connectivity index (χ1v) is 9.25. The van der Waals surface area contributed by atoms with E-state index in [-0.39, 0.29) is 17.9 Å². The second kappa shape index (κ2) is 8.30. The average molecular weight is 340 g/mol. The molecule has 25 heavy (non-hydrogen) atoms. The third-order valence-electron chi connectivity index (χ3n) is 4.80. The zero-order valence-corrected chi connectivity index (χ0v) is 15.1. The Kier molecular flexibility index (Phi) is 5.87. The van der Waals surface area contributed by atoms with E-state index in [1.165, 1.54) is 5.56 Å². The molecule has 0 aliphatic heterocycles. The van der Waals surface area contributed by atoms with Crippen molar-refractivity contribution >= 4 is 5.91 Å². The third-order valence-corrected chi connectivity index (χ3v) is 4.80. The molecule has 0 unspecified atom stereocenters. The van der Waals surface area contributed by atoms with Gasteiger partial charge in [-0.15, -0.1) is 0 Å². The standard InChI is InChI=1S/C20H28N4O/c1-15(2)23-20(25)16-8-5-9-18(13-16)21-14-17-7-3-4-10-19(17)24-12-6-11-22-24/h3-4,6-7,10-12,15-16,18,21H,5,8-9,13-14H2,1-2H3,(H,23,25)/t16-,18-/m1/s1. The number of aromatic nitrogens is 2. The summed E-state index contributed by atoms with van der Waals surface area (Å²) in [5, 5.41) is 11.1. The molecular formula is C20H28N4O. The topological polar surface area (TPSA) is 59.0 Å². The van der Waals surface area contributed by atoms with Gasteiger partial charge in [0, 0.05) is 36.9 Å². The summed E-state index contributed by atoms with van der Waals surface area (Å²) in [6.07, 6.45) is 7.92. The van der Waals surface area contributed by atoms with E-state index in [1.807, 2.05) is 36.9 Å². The summed E-state index contributed by atoms with van der Waals surface area (Å²) < 4.78 is 1.90. The number of carbonyl (C=O) groups excluding carboxylic acids is 1. The summed E-state index contributed by atoms with van der Waals surface area (Å²) in [4.78, 5) is 12.3. The molecule has 134 valence electrons. The van der Waals surface area contributed by atoms with Gasteiger partial charge in [-0.2, -0.15) is 5.10 Å². The van der Waals surface area contributed by atoms with Crippen LogP contribution in [0.2, 0.25) is 0 Å². The van der Waals surface area contributed by atoms with Crippen LogP contribution < -0.4 is 10.6 Å². The van der Waals surface area contributed by atoms with E-state index in [1.54, 1.807) is 6.20 Å². The van der Waals surface area contributed by atoms with Gasteiger partial charge in [0.05, 0.1) is 5.69 Å². The van der Waals surface area contributed by atoms with E-state index in [2.05, 4.69) is 33.9 Å². The fraction of sp³-hybridized carbons (Fsp3) is 0.500. The van der Waals surface area contributed by atoms with E-state index < -0.39 is 0 Å². The lowest BCUT2D eigenvalue weighted by molar-refractivity contribution is -0.126. The van der Waals surface area contributed by atoms with Gasteiger partial charge in [-0.05, 0) is 50.8 Å². The quantitative estimate of drug-likeness (QED) is 0.850. The second-order valence-corrected chi connectivity index (χ2v) is 7.18. The van der Waals surface area contributed by atoms with Crippen LogP contribution in [-0.2, 0) is 11.3 Å². The van der Waals surface area contributed by atoms with Gasteiger partial charge in [-0.3, -0.25) is 4.79 Å². The van der Waals surface area contributed by atoms with Crippen LogP contribution in [0.3, 0.4) is 0 Å². The number of nitrogens with one attached hydrogen (secondary N) is 2. The average Bonchev–Trinajstić information content (AvgIpc) is 3.14. The van der Waals surface area contributed by atoms with Crippen molar-refractivity contribution in [3.63, 3.8) is 0 Å². The van der Waals surface area contributed by atoms with Crippen LogP contribution >= 0.6 is 0 Å². The Morgan fingerprint density at radius 1 is 1.28 bits per heavy atom. The summed E-state index contributed by atoms with van der Waals surface area (Å²) >= 11 is 0. The lowest BCUT2D eigenvalue weighted by atomic mass is 9.85. The highest BCUT2D eigenvalue weighted by molar-refractivity contribution is 5.79. The Morgan fingerprint density at radius 3 is 2.88 bits per heavy atom. The first kappa shape index (κ1) is 17.7. The molecule has 5 heteroatoms. The van der Waals surface area contributed by atoms with Gasteiger partial charge < -0.3 is 10.6 Å². The molecule has 1 aromatic heterocycles. The zero-order valence-electron chi connectivity index (χ0n) is 15.1. The van der Waals surface area contributed by atoms with Crippen LogP contribution in [-0.4, -0.2) is 27.8 Å². The lowest BCUT2D eigenvalue weighted by Crippen LogP contribution is -2.42. The van der Waals surface area contributed by atoms with Gasteiger partial charge in [0.25, 0.3) is 0 Å². The van der Waals surface area contributed by atoms with Gasteiger partial charge in [0.1, 0.15) is 0 Å². The fourth-order valence-corrected chi connectivity index (χ4v) is 3.57. The van der Waals surface area contributed by atoms with Crippen LogP contribution in [0.1, 0.15) is 45.1 Å². The van der Waals surface area contributed by atoms with Crippen molar-refractivity contribution in [3.05, 3.63) is 48.3 Å². The number of amides is 1. The van der Waals surface area contributed by atoms with E-state index in [9.17, 15) is 4.79 Å². The maximum absolute atomic E-state index is 12.3. The maximum atomic E-state index is 12.3. The molecule has 0 radical (unpaired) electrons. The molecule has 2 atom stereocenters. The van der Waals surface area contributed by atoms with Crippen molar-refractivity contribution in [1.82, 2.24) is 20.4 Å². The molecule has 1 aliphatic carbocycles. The summed E-state index contributed by atoms with van der Waals surface area (Å²) in [5.41, 5.74) is 2.32. The Balaban J connectivity index is 1.60. The summed E-state index contributed by atoms with van der Waals surface area (Å²) in [6.45, 7) is 4.82. The van der Waals surface area contributed by atoms with E-state index >= 15 is 0 Å². The van der Waals surface area contributed by atoms with Gasteiger partial charge in [0.2, 0.25) is 5.91 Å². The Bertz CT molecular complexity index is 681. The first-order chi connectivity index (χ1) is 12.1. The Morgan fingerprint density at radius 2 is 2.12 bits per heavy atom. The predicted molar refractivity (Wildman–Crippen MR) is 99.4 cm³/mol. The largest absolute Gasteiger partial charge is 0.354 e. The van der Waals surface area contributed by atoms with Crippen LogP contribution in [0.4, 0.5) is 0 Å². The number of benzene rings is 1. The van der Waals surface area contributed by atoms with Crippen molar-refractivity contribution in [2.24, 2.45) is 5.92 Å². The number of carbonyl (C=O) groups is 1. The van der Waals surface area contributed by atoms with Crippen LogP contribution in [0.25, 0.3) is 5.69 Å². The number of hydrogen-bond acceptors (Lipinski definition) is 3. The summed E-state index contributed by atoms with van der Waals surface area (Å²) in [5.74, 6) is 0.341. The molecule has 0 saturated heterocycles. The first-order valence-electron chi connectivity index (χ1n) is 9.25. The van der Waals surface area contributed by atoms with Gasteiger partial charge >= 0.3 is 0 Å². The molecule has 5 nitrogen and oxygen atoms in total.